The Morgan fingerprint density at radius 2 is 2.28 bits per heavy atom. The molecule has 0 aliphatic rings. The van der Waals surface area contributed by atoms with E-state index in [1.165, 1.54) is 19.1 Å². The van der Waals surface area contributed by atoms with Gasteiger partial charge in [-0.1, -0.05) is 0 Å². The molecule has 3 N–H and O–H groups in total. The first kappa shape index (κ1) is 13.6. The summed E-state index contributed by atoms with van der Waals surface area (Å²) in [5.41, 5.74) is -0.121. The predicted molar refractivity (Wildman–Crippen MR) is 62.2 cm³/mol. The molecule has 0 aromatic carbocycles. The van der Waals surface area contributed by atoms with E-state index in [4.69, 9.17) is 5.11 Å². The summed E-state index contributed by atoms with van der Waals surface area (Å²) in [6.45, 7) is 1.23. The van der Waals surface area contributed by atoms with E-state index >= 15 is 0 Å². The number of aliphatic hydroxyl groups is 1. The highest BCUT2D eigenvalue weighted by molar-refractivity contribution is 5.87. The van der Waals surface area contributed by atoms with Crippen LogP contribution in [0.5, 0.6) is 0 Å². The van der Waals surface area contributed by atoms with Crippen molar-refractivity contribution in [2.45, 2.75) is 13.2 Å². The fourth-order valence-electron chi connectivity index (χ4n) is 1.12. The molecule has 1 amide bonds. The molecular weight excluding hydrogens is 244 g/mol. The highest BCUT2D eigenvalue weighted by Crippen LogP contribution is 2.23. The topological polar surface area (TPSA) is 127 Å². The molecule has 1 atom stereocenters. The van der Waals surface area contributed by atoms with Crippen molar-refractivity contribution in [3.8, 4) is 0 Å². The molecule has 1 aromatic heterocycles. The Hall–Kier alpha value is -2.42. The number of rotatable bonds is 4. The largest absolute Gasteiger partial charge is 0.420 e. The van der Waals surface area contributed by atoms with Gasteiger partial charge in [0.15, 0.2) is 6.29 Å². The van der Waals surface area contributed by atoms with E-state index in [0.29, 0.717) is 0 Å². The fraction of sp³-hybridized carbons (Fsp3) is 0.333. The number of aromatic nitrogens is 1. The Labute approximate surface area is 102 Å². The standard InChI is InChI=1S/C9H12N4O5/c1-5(14)18-9(15)11-6-3-4-7(10-2)12-8(6)13(16)17/h3-5,14H,1-2H3,(H,10,12)(H,11,15). The number of nitro groups is 1. The molecule has 0 fully saturated rings. The number of ether oxygens (including phenoxy) is 1. The van der Waals surface area contributed by atoms with Crippen molar-refractivity contribution >= 4 is 23.4 Å². The third-order valence-corrected chi connectivity index (χ3v) is 1.82. The van der Waals surface area contributed by atoms with Crippen molar-refractivity contribution in [1.29, 1.82) is 0 Å². The SMILES string of the molecule is CNc1ccc(NC(=O)OC(C)O)c([N+](=O)[O-])n1. The van der Waals surface area contributed by atoms with Crippen molar-refractivity contribution in [1.82, 2.24) is 4.98 Å². The Balaban J connectivity index is 2.94. The number of carbonyl (C=O) groups is 1. The van der Waals surface area contributed by atoms with Crippen molar-refractivity contribution < 1.29 is 19.6 Å². The van der Waals surface area contributed by atoms with E-state index in [1.807, 2.05) is 0 Å². The monoisotopic (exact) mass is 256 g/mol. The number of aliphatic hydroxyl groups excluding tert-OH is 1. The minimum absolute atomic E-state index is 0.121. The molecule has 1 heterocycles. The number of amides is 1. The van der Waals surface area contributed by atoms with Crippen LogP contribution in [0.15, 0.2) is 12.1 Å². The number of nitrogens with zero attached hydrogens (tertiary/aromatic N) is 2. The smallest absolute Gasteiger partial charge is 0.414 e. The second-order valence-electron chi connectivity index (χ2n) is 3.20. The van der Waals surface area contributed by atoms with Crippen LogP contribution in [0, 0.1) is 10.1 Å². The zero-order valence-electron chi connectivity index (χ0n) is 9.71. The van der Waals surface area contributed by atoms with Gasteiger partial charge in [0.05, 0.1) is 0 Å². The van der Waals surface area contributed by atoms with Gasteiger partial charge in [-0.3, -0.25) is 5.32 Å². The summed E-state index contributed by atoms with van der Waals surface area (Å²) in [6.07, 6.45) is -2.32. The highest BCUT2D eigenvalue weighted by atomic mass is 16.6. The molecular formula is C9H12N4O5. The maximum atomic E-state index is 11.2. The maximum absolute atomic E-state index is 11.2. The predicted octanol–water partition coefficient (Wildman–Crippen LogP) is 0.918. The fourth-order valence-corrected chi connectivity index (χ4v) is 1.12. The second-order valence-corrected chi connectivity index (χ2v) is 3.20. The molecule has 9 heteroatoms. The molecule has 9 nitrogen and oxygen atoms in total. The Kier molecular flexibility index (Phi) is 4.38. The van der Waals surface area contributed by atoms with Crippen molar-refractivity contribution in [2.75, 3.05) is 17.7 Å². The Morgan fingerprint density at radius 1 is 1.61 bits per heavy atom. The van der Waals surface area contributed by atoms with E-state index in [1.54, 1.807) is 7.05 Å². The van der Waals surface area contributed by atoms with Gasteiger partial charge in [-0.15, -0.1) is 0 Å². The van der Waals surface area contributed by atoms with Gasteiger partial charge in [0, 0.05) is 13.1 Å². The van der Waals surface area contributed by atoms with Gasteiger partial charge in [0.25, 0.3) is 0 Å². The number of nitrogens with one attached hydrogen (secondary N) is 2. The van der Waals surface area contributed by atoms with Gasteiger partial charge in [-0.25, -0.2) is 4.79 Å². The second kappa shape index (κ2) is 5.77. The van der Waals surface area contributed by atoms with Gasteiger partial charge in [-0.05, 0) is 22.9 Å². The molecule has 0 aliphatic carbocycles. The van der Waals surface area contributed by atoms with Crippen molar-refractivity contribution in [3.05, 3.63) is 22.2 Å². The first-order chi connectivity index (χ1) is 8.43. The zero-order chi connectivity index (χ0) is 13.7. The quantitative estimate of drug-likeness (QED) is 0.415. The molecule has 0 aliphatic heterocycles. The van der Waals surface area contributed by atoms with Crippen LogP contribution < -0.4 is 10.6 Å². The third kappa shape index (κ3) is 3.56. The summed E-state index contributed by atoms with van der Waals surface area (Å²) in [6, 6.07) is 2.76. The summed E-state index contributed by atoms with van der Waals surface area (Å²) in [5.74, 6) is -0.236. The third-order valence-electron chi connectivity index (χ3n) is 1.82. The summed E-state index contributed by atoms with van der Waals surface area (Å²) in [7, 11) is 1.56. The van der Waals surface area contributed by atoms with Crippen LogP contribution in [-0.4, -0.2) is 34.4 Å². The zero-order valence-corrected chi connectivity index (χ0v) is 9.71. The van der Waals surface area contributed by atoms with E-state index in [-0.39, 0.29) is 11.5 Å². The van der Waals surface area contributed by atoms with Crippen LogP contribution in [0.1, 0.15) is 6.92 Å². The van der Waals surface area contributed by atoms with Gasteiger partial charge in [0.2, 0.25) is 5.82 Å². The van der Waals surface area contributed by atoms with E-state index in [2.05, 4.69) is 20.4 Å². The number of carbonyl (C=O) groups excluding carboxylic acids is 1. The maximum Gasteiger partial charge on any atom is 0.414 e. The summed E-state index contributed by atoms with van der Waals surface area (Å²) in [4.78, 5) is 24.9. The minimum atomic E-state index is -1.31. The molecule has 1 unspecified atom stereocenters. The van der Waals surface area contributed by atoms with Crippen LogP contribution in [-0.2, 0) is 4.74 Å². The summed E-state index contributed by atoms with van der Waals surface area (Å²) < 4.78 is 4.38. The van der Waals surface area contributed by atoms with Gasteiger partial charge in [0.1, 0.15) is 5.69 Å². The number of hydrogen-bond acceptors (Lipinski definition) is 7. The average molecular weight is 256 g/mol. The van der Waals surface area contributed by atoms with Crippen LogP contribution in [0.4, 0.5) is 22.1 Å². The number of hydrogen-bond donors (Lipinski definition) is 3. The Morgan fingerprint density at radius 3 is 2.78 bits per heavy atom. The first-order valence-corrected chi connectivity index (χ1v) is 4.93. The number of pyridine rings is 1. The molecule has 0 spiro atoms. The van der Waals surface area contributed by atoms with Crippen LogP contribution >= 0.6 is 0 Å². The van der Waals surface area contributed by atoms with Crippen LogP contribution in [0.25, 0.3) is 0 Å². The van der Waals surface area contributed by atoms with Crippen LogP contribution in [0.3, 0.4) is 0 Å². The van der Waals surface area contributed by atoms with Crippen molar-refractivity contribution in [2.24, 2.45) is 0 Å². The molecule has 18 heavy (non-hydrogen) atoms. The van der Waals surface area contributed by atoms with E-state index in [0.717, 1.165) is 0 Å². The molecule has 0 radical (unpaired) electrons. The lowest BCUT2D eigenvalue weighted by Crippen LogP contribution is -2.20. The van der Waals surface area contributed by atoms with E-state index < -0.39 is 23.1 Å². The number of anilines is 2. The molecule has 0 bridgehead atoms. The summed E-state index contributed by atoms with van der Waals surface area (Å²) in [5, 5.41) is 24.3. The van der Waals surface area contributed by atoms with E-state index in [9.17, 15) is 14.9 Å². The molecule has 1 aromatic rings. The molecule has 98 valence electrons. The lowest BCUT2D eigenvalue weighted by molar-refractivity contribution is -0.388. The van der Waals surface area contributed by atoms with Gasteiger partial charge < -0.3 is 25.3 Å². The first-order valence-electron chi connectivity index (χ1n) is 4.93. The lowest BCUT2D eigenvalue weighted by Gasteiger charge is -2.08. The average Bonchev–Trinajstić information content (AvgIpc) is 2.28. The molecule has 1 rings (SSSR count). The van der Waals surface area contributed by atoms with Crippen molar-refractivity contribution in [3.63, 3.8) is 0 Å². The highest BCUT2D eigenvalue weighted by Gasteiger charge is 2.20. The van der Waals surface area contributed by atoms with Gasteiger partial charge >= 0.3 is 11.9 Å². The lowest BCUT2D eigenvalue weighted by atomic mass is 10.3. The normalized spacial score (nSPS) is 11.5. The van der Waals surface area contributed by atoms with Gasteiger partial charge in [-0.2, -0.15) is 0 Å². The molecule has 0 saturated heterocycles. The van der Waals surface area contributed by atoms with Crippen LogP contribution in [0.2, 0.25) is 0 Å². The minimum Gasteiger partial charge on any atom is -0.420 e. The molecule has 0 saturated carbocycles. The Bertz CT molecular complexity index is 462. The summed E-state index contributed by atoms with van der Waals surface area (Å²) >= 11 is 0.